The van der Waals surface area contributed by atoms with Crippen molar-refractivity contribution in [3.05, 3.63) is 33.6 Å². The molecule has 1 atom stereocenters. The monoisotopic (exact) mass is 470 g/mol. The van der Waals surface area contributed by atoms with E-state index in [1.807, 2.05) is 0 Å². The summed E-state index contributed by atoms with van der Waals surface area (Å²) in [4.78, 5) is 30.6. The predicted molar refractivity (Wildman–Crippen MR) is 119 cm³/mol. The Hall–Kier alpha value is -1.67. The van der Waals surface area contributed by atoms with Crippen molar-refractivity contribution in [2.75, 3.05) is 18.1 Å². The molecule has 1 heterocycles. The van der Waals surface area contributed by atoms with Gasteiger partial charge in [0, 0.05) is 21.9 Å². The number of carbonyl (C=O) groups is 2. The molecule has 0 spiro atoms. The summed E-state index contributed by atoms with van der Waals surface area (Å²) in [5.41, 5.74) is 1.22. The van der Waals surface area contributed by atoms with E-state index in [0.29, 0.717) is 38.8 Å². The van der Waals surface area contributed by atoms with Crippen LogP contribution in [0.15, 0.2) is 23.6 Å². The molecular formula is C21H24Cl2N2O4S. The zero-order valence-corrected chi connectivity index (χ0v) is 18.7. The molecule has 0 aliphatic heterocycles. The quantitative estimate of drug-likeness (QED) is 0.530. The third-order valence-corrected chi connectivity index (χ3v) is 6.81. The number of carboxylic acid groups (broad SMARTS) is 1. The maximum Gasteiger partial charge on any atom is 0.304 e. The van der Waals surface area contributed by atoms with Crippen molar-refractivity contribution in [1.29, 1.82) is 0 Å². The lowest BCUT2D eigenvalue weighted by Gasteiger charge is -2.25. The molecule has 0 radical (unpaired) electrons. The molecule has 3 rings (SSSR count). The topological polar surface area (TPSA) is 90.7 Å². The van der Waals surface area contributed by atoms with Crippen molar-refractivity contribution in [3.8, 4) is 11.3 Å². The fourth-order valence-electron chi connectivity index (χ4n) is 3.96. The van der Waals surface area contributed by atoms with Gasteiger partial charge in [-0.2, -0.15) is 0 Å². The number of amides is 1. The average molecular weight is 471 g/mol. The van der Waals surface area contributed by atoms with E-state index >= 15 is 0 Å². The average Bonchev–Trinajstić information content (AvgIpc) is 3.39. The van der Waals surface area contributed by atoms with Crippen molar-refractivity contribution in [2.45, 2.75) is 38.5 Å². The standard InChI is InChI=1S/C21H24Cl2N2O4S/c22-15-5-6-17(23)16(11-15)18-12-30-21(24-18)25(7-8-26)20(29)14(10-19(27)28)9-13-3-1-2-4-13/h5-6,11-14,26H,1-4,7-10H2,(H,27,28)/t14-/m1/s1. The van der Waals surface area contributed by atoms with Crippen LogP contribution in [0.3, 0.4) is 0 Å². The maximum absolute atomic E-state index is 13.3. The highest BCUT2D eigenvalue weighted by atomic mass is 35.5. The number of aliphatic hydroxyl groups is 1. The van der Waals surface area contributed by atoms with Crippen LogP contribution in [0.25, 0.3) is 11.3 Å². The van der Waals surface area contributed by atoms with Gasteiger partial charge in [-0.15, -0.1) is 11.3 Å². The summed E-state index contributed by atoms with van der Waals surface area (Å²) >= 11 is 13.6. The molecule has 1 aliphatic carbocycles. The lowest BCUT2D eigenvalue weighted by atomic mass is 9.90. The fourth-order valence-corrected chi connectivity index (χ4v) is 5.20. The molecule has 1 fully saturated rings. The van der Waals surface area contributed by atoms with Gasteiger partial charge < -0.3 is 10.2 Å². The zero-order valence-electron chi connectivity index (χ0n) is 16.4. The number of anilines is 1. The molecule has 1 aromatic heterocycles. The number of aliphatic carboxylic acids is 1. The highest BCUT2D eigenvalue weighted by molar-refractivity contribution is 7.14. The molecule has 1 aliphatic rings. The van der Waals surface area contributed by atoms with E-state index in [1.165, 1.54) is 16.2 Å². The number of aromatic nitrogens is 1. The first kappa shape index (κ1) is 23.0. The van der Waals surface area contributed by atoms with Gasteiger partial charge in [0.2, 0.25) is 5.91 Å². The molecule has 9 heteroatoms. The van der Waals surface area contributed by atoms with Crippen LogP contribution in [0, 0.1) is 11.8 Å². The number of rotatable bonds is 9. The second-order valence-corrected chi connectivity index (χ2v) is 9.21. The largest absolute Gasteiger partial charge is 0.481 e. The second kappa shape index (κ2) is 10.6. The summed E-state index contributed by atoms with van der Waals surface area (Å²) in [7, 11) is 0. The Morgan fingerprint density at radius 2 is 2.00 bits per heavy atom. The molecule has 0 unspecified atom stereocenters. The first-order valence-electron chi connectivity index (χ1n) is 9.94. The second-order valence-electron chi connectivity index (χ2n) is 7.53. The summed E-state index contributed by atoms with van der Waals surface area (Å²) in [6.45, 7) is -0.197. The third kappa shape index (κ3) is 5.72. The fraction of sp³-hybridized carbons (Fsp3) is 0.476. The number of thiazole rings is 1. The van der Waals surface area contributed by atoms with Gasteiger partial charge in [-0.25, -0.2) is 4.98 Å². The van der Waals surface area contributed by atoms with Gasteiger partial charge in [-0.1, -0.05) is 48.9 Å². The van der Waals surface area contributed by atoms with Crippen molar-refractivity contribution in [2.24, 2.45) is 11.8 Å². The number of hydrogen-bond donors (Lipinski definition) is 2. The van der Waals surface area contributed by atoms with E-state index in [9.17, 15) is 19.8 Å². The molecule has 2 N–H and O–H groups in total. The smallest absolute Gasteiger partial charge is 0.304 e. The molecule has 1 saturated carbocycles. The molecule has 30 heavy (non-hydrogen) atoms. The number of carboxylic acids is 1. The SMILES string of the molecule is O=C(O)C[C@@H](CC1CCCC1)C(=O)N(CCO)c1nc(-c2cc(Cl)ccc2Cl)cs1. The van der Waals surface area contributed by atoms with Gasteiger partial charge in [0.15, 0.2) is 5.13 Å². The van der Waals surface area contributed by atoms with E-state index < -0.39 is 11.9 Å². The molecule has 162 valence electrons. The van der Waals surface area contributed by atoms with Crippen LogP contribution < -0.4 is 4.90 Å². The summed E-state index contributed by atoms with van der Waals surface area (Å²) < 4.78 is 0. The molecular weight excluding hydrogens is 447 g/mol. The van der Waals surface area contributed by atoms with Crippen LogP contribution in [-0.2, 0) is 9.59 Å². The number of aliphatic hydroxyl groups excluding tert-OH is 1. The van der Waals surface area contributed by atoms with Crippen LogP contribution in [0.4, 0.5) is 5.13 Å². The summed E-state index contributed by atoms with van der Waals surface area (Å²) in [6, 6.07) is 5.06. The lowest BCUT2D eigenvalue weighted by Crippen LogP contribution is -2.39. The molecule has 0 bridgehead atoms. The van der Waals surface area contributed by atoms with Crippen LogP contribution in [0.5, 0.6) is 0 Å². The Balaban J connectivity index is 1.86. The molecule has 6 nitrogen and oxygen atoms in total. The van der Waals surface area contributed by atoms with Gasteiger partial charge >= 0.3 is 5.97 Å². The Kier molecular flexibility index (Phi) is 8.11. The number of carbonyl (C=O) groups excluding carboxylic acids is 1. The number of hydrogen-bond acceptors (Lipinski definition) is 5. The molecule has 0 saturated heterocycles. The normalized spacial score (nSPS) is 15.3. The van der Waals surface area contributed by atoms with Gasteiger partial charge in [-0.05, 0) is 30.5 Å². The maximum atomic E-state index is 13.3. The Bertz CT molecular complexity index is 899. The minimum Gasteiger partial charge on any atom is -0.481 e. The Morgan fingerprint density at radius 1 is 1.27 bits per heavy atom. The molecule has 2 aromatic rings. The van der Waals surface area contributed by atoms with E-state index in [2.05, 4.69) is 4.98 Å². The number of benzene rings is 1. The summed E-state index contributed by atoms with van der Waals surface area (Å²) in [6.07, 6.45) is 4.61. The first-order valence-corrected chi connectivity index (χ1v) is 11.6. The van der Waals surface area contributed by atoms with Crippen LogP contribution in [0.2, 0.25) is 10.0 Å². The lowest BCUT2D eigenvalue weighted by molar-refractivity contribution is -0.141. The zero-order chi connectivity index (χ0) is 21.7. The minimum atomic E-state index is -0.999. The minimum absolute atomic E-state index is 0.0514. The third-order valence-electron chi connectivity index (χ3n) is 5.38. The Labute approximate surface area is 189 Å². The Morgan fingerprint density at radius 3 is 2.67 bits per heavy atom. The van der Waals surface area contributed by atoms with Crippen LogP contribution >= 0.6 is 34.5 Å². The summed E-state index contributed by atoms with van der Waals surface area (Å²) in [5.74, 6) is -1.58. The van der Waals surface area contributed by atoms with E-state index in [4.69, 9.17) is 23.2 Å². The first-order chi connectivity index (χ1) is 14.4. The van der Waals surface area contributed by atoms with Crippen molar-refractivity contribution in [1.82, 2.24) is 4.98 Å². The number of halogens is 2. The molecule has 1 aromatic carbocycles. The summed E-state index contributed by atoms with van der Waals surface area (Å²) in [5, 5.41) is 22.0. The van der Waals surface area contributed by atoms with E-state index in [-0.39, 0.29) is 25.5 Å². The highest BCUT2D eigenvalue weighted by Gasteiger charge is 2.32. The van der Waals surface area contributed by atoms with Crippen LogP contribution in [0.1, 0.15) is 38.5 Å². The number of nitrogens with zero attached hydrogens (tertiary/aromatic N) is 2. The molecule has 1 amide bonds. The van der Waals surface area contributed by atoms with Gasteiger partial charge in [-0.3, -0.25) is 14.5 Å². The van der Waals surface area contributed by atoms with Gasteiger partial charge in [0.1, 0.15) is 0 Å². The van der Waals surface area contributed by atoms with E-state index in [1.54, 1.807) is 23.6 Å². The highest BCUT2D eigenvalue weighted by Crippen LogP contribution is 2.36. The van der Waals surface area contributed by atoms with Crippen LogP contribution in [-0.4, -0.2) is 40.2 Å². The van der Waals surface area contributed by atoms with Gasteiger partial charge in [0.05, 0.1) is 30.3 Å². The van der Waals surface area contributed by atoms with E-state index in [0.717, 1.165) is 25.7 Å². The van der Waals surface area contributed by atoms with Crippen molar-refractivity contribution < 1.29 is 19.8 Å². The predicted octanol–water partition coefficient (Wildman–Crippen LogP) is 5.11. The van der Waals surface area contributed by atoms with Gasteiger partial charge in [0.25, 0.3) is 0 Å². The van der Waals surface area contributed by atoms with Crippen molar-refractivity contribution >= 4 is 51.5 Å². The van der Waals surface area contributed by atoms with Crippen molar-refractivity contribution in [3.63, 3.8) is 0 Å².